The summed E-state index contributed by atoms with van der Waals surface area (Å²) in [5, 5.41) is 3.40. The lowest BCUT2D eigenvalue weighted by Gasteiger charge is -2.16. The molecule has 4 rings (SSSR count). The Morgan fingerprint density at radius 3 is 2.25 bits per heavy atom. The fourth-order valence-corrected chi connectivity index (χ4v) is 4.35. The number of anilines is 2. The highest BCUT2D eigenvalue weighted by Gasteiger charge is 2.41. The number of para-hydroxylation sites is 1. The van der Waals surface area contributed by atoms with Crippen molar-refractivity contribution in [1.29, 1.82) is 0 Å². The number of carbonyl (C=O) groups is 2. The van der Waals surface area contributed by atoms with E-state index in [0.29, 0.717) is 10.8 Å². The number of rotatable bonds is 6. The molecule has 6 nitrogen and oxygen atoms in total. The maximum atomic E-state index is 14.5. The minimum atomic E-state index is -0.658. The summed E-state index contributed by atoms with van der Waals surface area (Å²) in [5.41, 5.74) is 3.24. The third-order valence-electron chi connectivity index (χ3n) is 4.92. The predicted molar refractivity (Wildman–Crippen MR) is 123 cm³/mol. The van der Waals surface area contributed by atoms with E-state index in [1.165, 1.54) is 18.2 Å². The van der Waals surface area contributed by atoms with Crippen molar-refractivity contribution >= 4 is 35.0 Å². The van der Waals surface area contributed by atoms with Gasteiger partial charge in [0, 0.05) is 17.1 Å². The van der Waals surface area contributed by atoms with Crippen molar-refractivity contribution in [3.8, 4) is 0 Å². The second kappa shape index (κ2) is 8.92. The number of nitrogens with zero attached hydrogens (tertiary/aromatic N) is 3. The SMILES string of the molecule is CCc1ccc(NC2=C(Sc3nc(C)cc(C)n3)C(=O)N(c3ccccc3F)C2=O)cc1. The first kappa shape index (κ1) is 21.7. The van der Waals surface area contributed by atoms with Crippen LogP contribution in [0.3, 0.4) is 0 Å². The van der Waals surface area contributed by atoms with Crippen LogP contribution in [0.5, 0.6) is 0 Å². The van der Waals surface area contributed by atoms with Gasteiger partial charge in [-0.15, -0.1) is 0 Å². The number of aromatic nitrogens is 2. The van der Waals surface area contributed by atoms with Gasteiger partial charge in [-0.3, -0.25) is 9.59 Å². The molecule has 0 aliphatic carbocycles. The lowest BCUT2D eigenvalue weighted by Crippen LogP contribution is -2.33. The number of thioether (sulfide) groups is 1. The Morgan fingerprint density at radius 2 is 1.62 bits per heavy atom. The number of hydrogen-bond donors (Lipinski definition) is 1. The van der Waals surface area contributed by atoms with Gasteiger partial charge in [0.2, 0.25) is 0 Å². The first-order chi connectivity index (χ1) is 15.4. The average Bonchev–Trinajstić information content (AvgIpc) is 2.98. The summed E-state index contributed by atoms with van der Waals surface area (Å²) in [6.45, 7) is 5.71. The minimum absolute atomic E-state index is 0.0651. The summed E-state index contributed by atoms with van der Waals surface area (Å²) in [7, 11) is 0. The fraction of sp³-hybridized carbons (Fsp3) is 0.167. The maximum absolute atomic E-state index is 14.5. The van der Waals surface area contributed by atoms with E-state index in [1.54, 1.807) is 6.07 Å². The molecule has 8 heteroatoms. The van der Waals surface area contributed by atoms with Crippen molar-refractivity contribution < 1.29 is 14.0 Å². The van der Waals surface area contributed by atoms with Gasteiger partial charge in [-0.25, -0.2) is 19.3 Å². The number of amides is 2. The lowest BCUT2D eigenvalue weighted by atomic mass is 10.1. The highest BCUT2D eigenvalue weighted by atomic mass is 32.2. The van der Waals surface area contributed by atoms with Crippen LogP contribution >= 0.6 is 11.8 Å². The highest BCUT2D eigenvalue weighted by molar-refractivity contribution is 8.04. The van der Waals surface area contributed by atoms with Gasteiger partial charge in [-0.2, -0.15) is 0 Å². The number of aryl methyl sites for hydroxylation is 3. The highest BCUT2D eigenvalue weighted by Crippen LogP contribution is 2.37. The molecule has 0 bridgehead atoms. The van der Waals surface area contributed by atoms with Crippen LogP contribution in [0.15, 0.2) is 70.4 Å². The monoisotopic (exact) mass is 448 g/mol. The van der Waals surface area contributed by atoms with Crippen molar-refractivity contribution in [1.82, 2.24) is 9.97 Å². The Labute approximate surface area is 189 Å². The van der Waals surface area contributed by atoms with Gasteiger partial charge in [0.25, 0.3) is 11.8 Å². The van der Waals surface area contributed by atoms with E-state index in [2.05, 4.69) is 22.2 Å². The number of imide groups is 1. The molecule has 1 N–H and O–H groups in total. The molecule has 3 aromatic rings. The van der Waals surface area contributed by atoms with E-state index in [4.69, 9.17) is 0 Å². The van der Waals surface area contributed by atoms with Crippen molar-refractivity contribution in [2.45, 2.75) is 32.3 Å². The van der Waals surface area contributed by atoms with Crippen LogP contribution in [-0.2, 0) is 16.0 Å². The van der Waals surface area contributed by atoms with Crippen LogP contribution in [0.2, 0.25) is 0 Å². The molecule has 0 unspecified atom stereocenters. The quantitative estimate of drug-likeness (QED) is 0.432. The molecular weight excluding hydrogens is 427 g/mol. The van der Waals surface area contributed by atoms with E-state index in [0.717, 1.165) is 40.0 Å². The number of halogens is 1. The minimum Gasteiger partial charge on any atom is -0.350 e. The normalized spacial score (nSPS) is 13.8. The van der Waals surface area contributed by atoms with Gasteiger partial charge in [0.1, 0.15) is 16.4 Å². The zero-order valence-corrected chi connectivity index (χ0v) is 18.7. The van der Waals surface area contributed by atoms with Gasteiger partial charge < -0.3 is 5.32 Å². The molecule has 0 radical (unpaired) electrons. The first-order valence-corrected chi connectivity index (χ1v) is 10.9. The number of nitrogens with one attached hydrogen (secondary N) is 1. The molecule has 0 fully saturated rings. The zero-order valence-electron chi connectivity index (χ0n) is 17.8. The van der Waals surface area contributed by atoms with Gasteiger partial charge in [0.05, 0.1) is 5.69 Å². The smallest absolute Gasteiger partial charge is 0.283 e. The summed E-state index contributed by atoms with van der Waals surface area (Å²) in [6, 6.07) is 15.1. The molecule has 0 atom stereocenters. The molecule has 2 amide bonds. The van der Waals surface area contributed by atoms with Crippen molar-refractivity contribution in [3.05, 3.63) is 88.0 Å². The van der Waals surface area contributed by atoms with Crippen LogP contribution in [-0.4, -0.2) is 21.8 Å². The van der Waals surface area contributed by atoms with E-state index in [9.17, 15) is 14.0 Å². The Hall–Kier alpha value is -3.52. The largest absolute Gasteiger partial charge is 0.350 e. The van der Waals surface area contributed by atoms with Crippen LogP contribution in [0.4, 0.5) is 15.8 Å². The molecule has 0 saturated heterocycles. The molecule has 162 valence electrons. The van der Waals surface area contributed by atoms with Crippen molar-refractivity contribution in [3.63, 3.8) is 0 Å². The first-order valence-electron chi connectivity index (χ1n) is 10.1. The van der Waals surface area contributed by atoms with E-state index >= 15 is 0 Å². The number of carbonyl (C=O) groups excluding carboxylic acids is 2. The Kier molecular flexibility index (Phi) is 6.05. The summed E-state index contributed by atoms with van der Waals surface area (Å²) >= 11 is 0.991. The summed E-state index contributed by atoms with van der Waals surface area (Å²) in [6.07, 6.45) is 0.882. The molecule has 2 heterocycles. The Bertz CT molecular complexity index is 1220. The molecule has 1 aliphatic heterocycles. The van der Waals surface area contributed by atoms with Crippen LogP contribution in [0.25, 0.3) is 0 Å². The lowest BCUT2D eigenvalue weighted by molar-refractivity contribution is -0.120. The molecule has 0 saturated carbocycles. The van der Waals surface area contributed by atoms with Crippen LogP contribution < -0.4 is 10.2 Å². The van der Waals surface area contributed by atoms with Crippen LogP contribution in [0, 0.1) is 19.7 Å². The van der Waals surface area contributed by atoms with E-state index in [-0.39, 0.29) is 16.3 Å². The summed E-state index contributed by atoms with van der Waals surface area (Å²) in [5.74, 6) is -1.91. The third kappa shape index (κ3) is 4.27. The second-order valence-electron chi connectivity index (χ2n) is 7.31. The molecule has 2 aromatic carbocycles. The zero-order chi connectivity index (χ0) is 22.8. The topological polar surface area (TPSA) is 75.2 Å². The average molecular weight is 449 g/mol. The van der Waals surface area contributed by atoms with Crippen molar-refractivity contribution in [2.75, 3.05) is 10.2 Å². The number of hydrogen-bond acceptors (Lipinski definition) is 6. The maximum Gasteiger partial charge on any atom is 0.283 e. The van der Waals surface area contributed by atoms with E-state index < -0.39 is 17.6 Å². The van der Waals surface area contributed by atoms with Crippen molar-refractivity contribution in [2.24, 2.45) is 0 Å². The molecule has 1 aliphatic rings. The van der Waals surface area contributed by atoms with Gasteiger partial charge in [-0.05, 0) is 67.9 Å². The Balaban J connectivity index is 1.76. The van der Waals surface area contributed by atoms with Gasteiger partial charge in [0.15, 0.2) is 5.16 Å². The fourth-order valence-electron chi connectivity index (χ4n) is 3.37. The number of benzene rings is 2. The van der Waals surface area contributed by atoms with Crippen LogP contribution in [0.1, 0.15) is 23.9 Å². The molecule has 32 heavy (non-hydrogen) atoms. The molecule has 1 aromatic heterocycles. The predicted octanol–water partition coefficient (Wildman–Crippen LogP) is 4.78. The van der Waals surface area contributed by atoms with Gasteiger partial charge in [-0.1, -0.05) is 31.2 Å². The molecule has 0 spiro atoms. The summed E-state index contributed by atoms with van der Waals surface area (Å²) in [4.78, 5) is 36.3. The van der Waals surface area contributed by atoms with E-state index in [1.807, 2.05) is 44.2 Å². The Morgan fingerprint density at radius 1 is 0.969 bits per heavy atom. The summed E-state index contributed by atoms with van der Waals surface area (Å²) < 4.78 is 14.5. The molecular formula is C24H21FN4O2S. The van der Waals surface area contributed by atoms with Gasteiger partial charge >= 0.3 is 0 Å². The standard InChI is InChI=1S/C24H21FN4O2S/c1-4-16-9-11-17(12-10-16)28-20-21(32-24-26-14(2)13-15(3)27-24)23(31)29(22(20)30)19-8-6-5-7-18(19)25/h5-13,28H,4H2,1-3H3. The third-order valence-corrected chi connectivity index (χ3v) is 5.87. The second-order valence-corrected chi connectivity index (χ2v) is 8.29.